The molecule has 0 spiro atoms. The van der Waals surface area contributed by atoms with Gasteiger partial charge in [0.1, 0.15) is 36.9 Å². The maximum absolute atomic E-state index is 5.89. The third-order valence-corrected chi connectivity index (χ3v) is 8.16. The summed E-state index contributed by atoms with van der Waals surface area (Å²) in [4.78, 5) is 0. The predicted octanol–water partition coefficient (Wildman–Crippen LogP) is 4.95. The Bertz CT molecular complexity index is 1030. The highest BCUT2D eigenvalue weighted by Crippen LogP contribution is 2.63. The molecule has 0 aromatic heterocycles. The van der Waals surface area contributed by atoms with Crippen molar-refractivity contribution in [3.05, 3.63) is 71.3 Å². The Morgan fingerprint density at radius 1 is 0.781 bits per heavy atom. The van der Waals surface area contributed by atoms with E-state index in [0.717, 1.165) is 30.6 Å². The van der Waals surface area contributed by atoms with E-state index in [9.17, 15) is 0 Å². The largest absolute Gasteiger partial charge is 0.491 e. The first-order chi connectivity index (χ1) is 15.7. The Kier molecular flexibility index (Phi) is 4.26. The van der Waals surface area contributed by atoms with Gasteiger partial charge in [-0.25, -0.2) is 0 Å². The lowest BCUT2D eigenvalue weighted by atomic mass is 9.45. The number of allylic oxidation sites excluding steroid dienone is 2. The maximum Gasteiger partial charge on any atom is 0.119 e. The Morgan fingerprint density at radius 3 is 1.94 bits per heavy atom. The first-order valence-electron chi connectivity index (χ1n) is 12.1. The van der Waals surface area contributed by atoms with E-state index in [4.69, 9.17) is 18.9 Å². The van der Waals surface area contributed by atoms with E-state index in [1.165, 1.54) is 43.2 Å². The zero-order valence-corrected chi connectivity index (χ0v) is 18.4. The van der Waals surface area contributed by atoms with E-state index in [0.29, 0.717) is 25.4 Å². The van der Waals surface area contributed by atoms with Crippen molar-refractivity contribution in [1.82, 2.24) is 0 Å². The molecule has 2 heterocycles. The highest BCUT2D eigenvalue weighted by molar-refractivity contribution is 5.47. The van der Waals surface area contributed by atoms with E-state index in [1.807, 2.05) is 0 Å². The summed E-state index contributed by atoms with van der Waals surface area (Å²) in [6.07, 6.45) is 9.50. The second-order valence-corrected chi connectivity index (χ2v) is 10.7. The number of hydrogen-bond donors (Lipinski definition) is 0. The SMILES string of the molecule is C1=C2CC3CC1(c1ccc(OCC4CO4)cc1)CC(c1ccc(OCC4CO4)cc1)(C2)C3. The van der Waals surface area contributed by atoms with Crippen LogP contribution in [0.25, 0.3) is 0 Å². The van der Waals surface area contributed by atoms with Gasteiger partial charge in [-0.2, -0.15) is 0 Å². The fourth-order valence-electron chi connectivity index (χ4n) is 6.78. The van der Waals surface area contributed by atoms with Crippen molar-refractivity contribution in [2.24, 2.45) is 5.92 Å². The third kappa shape index (κ3) is 3.45. The standard InChI is InChI=1S/C28H30O4/c1-5-23(29-14-25-16-31-25)6-2-21(1)27-10-19-9-20(11-27)13-28(12-19,18-27)22-3-7-24(8-4-22)30-15-26-17-32-26/h1-8,10,20,25-26H,9,11-18H2. The second kappa shape index (κ2) is 7.10. The number of benzene rings is 2. The molecule has 0 N–H and O–H groups in total. The van der Waals surface area contributed by atoms with Crippen LogP contribution in [0.1, 0.15) is 43.2 Å². The number of rotatable bonds is 8. The summed E-state index contributed by atoms with van der Waals surface area (Å²) in [6.45, 7) is 2.99. The van der Waals surface area contributed by atoms with Crippen LogP contribution < -0.4 is 9.47 Å². The second-order valence-electron chi connectivity index (χ2n) is 10.7. The maximum atomic E-state index is 5.89. The lowest BCUT2D eigenvalue weighted by molar-refractivity contribution is 0.106. The highest BCUT2D eigenvalue weighted by Gasteiger charge is 2.55. The smallest absolute Gasteiger partial charge is 0.119 e. The van der Waals surface area contributed by atoms with Gasteiger partial charge in [-0.3, -0.25) is 0 Å². The van der Waals surface area contributed by atoms with Crippen LogP contribution in [0, 0.1) is 5.92 Å². The molecule has 2 saturated carbocycles. The Morgan fingerprint density at radius 2 is 1.38 bits per heavy atom. The molecule has 6 aliphatic rings. The molecular weight excluding hydrogens is 400 g/mol. The molecule has 5 unspecified atom stereocenters. The molecule has 5 atom stereocenters. The van der Waals surface area contributed by atoms with Crippen LogP contribution in [0.5, 0.6) is 11.5 Å². The molecule has 2 aromatic carbocycles. The van der Waals surface area contributed by atoms with Gasteiger partial charge in [-0.1, -0.05) is 35.9 Å². The van der Waals surface area contributed by atoms with E-state index in [-0.39, 0.29) is 10.8 Å². The van der Waals surface area contributed by atoms with E-state index < -0.39 is 0 Å². The van der Waals surface area contributed by atoms with Crippen molar-refractivity contribution in [2.45, 2.75) is 55.1 Å². The summed E-state index contributed by atoms with van der Waals surface area (Å²) >= 11 is 0. The van der Waals surface area contributed by atoms with Crippen molar-refractivity contribution in [2.75, 3.05) is 26.4 Å². The van der Waals surface area contributed by atoms with Crippen LogP contribution in [-0.4, -0.2) is 38.6 Å². The summed E-state index contributed by atoms with van der Waals surface area (Å²) < 4.78 is 22.3. The molecule has 2 saturated heterocycles. The minimum atomic E-state index is 0.158. The topological polar surface area (TPSA) is 43.5 Å². The van der Waals surface area contributed by atoms with Crippen molar-refractivity contribution in [1.29, 1.82) is 0 Å². The third-order valence-electron chi connectivity index (χ3n) is 8.16. The van der Waals surface area contributed by atoms with E-state index in [2.05, 4.69) is 54.6 Å². The Labute approximate surface area is 189 Å². The molecule has 0 radical (unpaired) electrons. The Balaban J connectivity index is 1.14. The molecule has 4 bridgehead atoms. The molecule has 166 valence electrons. The molecule has 32 heavy (non-hydrogen) atoms. The van der Waals surface area contributed by atoms with Gasteiger partial charge in [0.05, 0.1) is 13.2 Å². The fraction of sp³-hybridized carbons (Fsp3) is 0.500. The summed E-state index contributed by atoms with van der Waals surface area (Å²) in [7, 11) is 0. The normalized spacial score (nSPS) is 36.0. The minimum absolute atomic E-state index is 0.158. The molecule has 4 heteroatoms. The van der Waals surface area contributed by atoms with Gasteiger partial charge >= 0.3 is 0 Å². The average Bonchev–Trinajstić information content (AvgIpc) is 3.71. The molecule has 4 aliphatic carbocycles. The highest BCUT2D eigenvalue weighted by atomic mass is 16.6. The molecule has 2 aliphatic heterocycles. The van der Waals surface area contributed by atoms with E-state index >= 15 is 0 Å². The zero-order valence-electron chi connectivity index (χ0n) is 18.4. The van der Waals surface area contributed by atoms with Gasteiger partial charge in [0, 0.05) is 10.8 Å². The molecule has 0 amide bonds. The minimum Gasteiger partial charge on any atom is -0.491 e. The van der Waals surface area contributed by atoms with Crippen molar-refractivity contribution in [3.8, 4) is 11.5 Å². The number of epoxide rings is 2. The first-order valence-corrected chi connectivity index (χ1v) is 12.1. The molecule has 4 nitrogen and oxygen atoms in total. The number of ether oxygens (including phenoxy) is 4. The van der Waals surface area contributed by atoms with Gasteiger partial charge in [-0.05, 0) is 73.4 Å². The first kappa shape index (κ1) is 19.2. The predicted molar refractivity (Wildman–Crippen MR) is 121 cm³/mol. The average molecular weight is 431 g/mol. The lowest BCUT2D eigenvalue weighted by Gasteiger charge is -2.58. The van der Waals surface area contributed by atoms with Crippen molar-refractivity contribution in [3.63, 3.8) is 0 Å². The van der Waals surface area contributed by atoms with Gasteiger partial charge < -0.3 is 18.9 Å². The molecule has 8 rings (SSSR count). The lowest BCUT2D eigenvalue weighted by Crippen LogP contribution is -2.51. The summed E-state index contributed by atoms with van der Waals surface area (Å²) in [5.41, 5.74) is 5.00. The van der Waals surface area contributed by atoms with Crippen LogP contribution in [0.2, 0.25) is 0 Å². The Hall–Kier alpha value is -2.30. The monoisotopic (exact) mass is 430 g/mol. The van der Waals surface area contributed by atoms with Gasteiger partial charge in [0.25, 0.3) is 0 Å². The van der Waals surface area contributed by atoms with Crippen LogP contribution >= 0.6 is 0 Å². The van der Waals surface area contributed by atoms with Gasteiger partial charge in [0.15, 0.2) is 0 Å². The fourth-order valence-corrected chi connectivity index (χ4v) is 6.78. The summed E-state index contributed by atoms with van der Waals surface area (Å²) in [5, 5.41) is 0. The number of hydrogen-bond acceptors (Lipinski definition) is 4. The van der Waals surface area contributed by atoms with Crippen molar-refractivity contribution >= 4 is 0 Å². The molecule has 2 aromatic rings. The summed E-state index contributed by atoms with van der Waals surface area (Å²) in [5.74, 6) is 2.68. The zero-order chi connectivity index (χ0) is 21.2. The quantitative estimate of drug-likeness (QED) is 0.439. The summed E-state index contributed by atoms with van der Waals surface area (Å²) in [6, 6.07) is 17.9. The van der Waals surface area contributed by atoms with E-state index in [1.54, 1.807) is 5.57 Å². The van der Waals surface area contributed by atoms with Gasteiger partial charge in [0.2, 0.25) is 0 Å². The van der Waals surface area contributed by atoms with Crippen LogP contribution in [0.3, 0.4) is 0 Å². The van der Waals surface area contributed by atoms with Crippen molar-refractivity contribution < 1.29 is 18.9 Å². The molecular formula is C28H30O4. The van der Waals surface area contributed by atoms with Crippen LogP contribution in [-0.2, 0) is 20.3 Å². The molecule has 4 fully saturated rings. The van der Waals surface area contributed by atoms with Crippen LogP contribution in [0.4, 0.5) is 0 Å². The van der Waals surface area contributed by atoms with Gasteiger partial charge in [-0.15, -0.1) is 0 Å². The van der Waals surface area contributed by atoms with Crippen LogP contribution in [0.15, 0.2) is 60.2 Å².